The van der Waals surface area contributed by atoms with Gasteiger partial charge in [0.1, 0.15) is 6.04 Å². The van der Waals surface area contributed by atoms with Crippen LogP contribution in [0.15, 0.2) is 16.9 Å². The summed E-state index contributed by atoms with van der Waals surface area (Å²) in [6.07, 6.45) is 4.43. The maximum atomic E-state index is 5.15. The third-order valence-electron chi connectivity index (χ3n) is 2.26. The molecule has 86 valence electrons. The van der Waals surface area contributed by atoms with Crippen molar-refractivity contribution in [3.63, 3.8) is 0 Å². The van der Waals surface area contributed by atoms with Crippen LogP contribution in [0.4, 0.5) is 5.69 Å². The summed E-state index contributed by atoms with van der Waals surface area (Å²) in [5, 5.41) is 11.2. The molecular formula is C10H15N5O. The van der Waals surface area contributed by atoms with Gasteiger partial charge in [0.05, 0.1) is 11.9 Å². The predicted molar refractivity (Wildman–Crippen MR) is 58.9 cm³/mol. The normalized spacial score (nSPS) is 12.7. The average Bonchev–Trinajstić information content (AvgIpc) is 2.87. The molecule has 0 aliphatic heterocycles. The second-order valence-electron chi connectivity index (χ2n) is 3.67. The highest BCUT2D eigenvalue weighted by molar-refractivity contribution is 5.39. The Hall–Kier alpha value is -1.85. The minimum Gasteiger partial charge on any atom is -0.371 e. The van der Waals surface area contributed by atoms with Gasteiger partial charge in [-0.25, -0.2) is 0 Å². The lowest BCUT2D eigenvalue weighted by atomic mass is 10.3. The zero-order valence-electron chi connectivity index (χ0n) is 9.64. The molecule has 2 aromatic heterocycles. The van der Waals surface area contributed by atoms with Crippen LogP contribution >= 0.6 is 0 Å². The van der Waals surface area contributed by atoms with E-state index >= 15 is 0 Å². The van der Waals surface area contributed by atoms with E-state index in [1.165, 1.54) is 0 Å². The fourth-order valence-corrected chi connectivity index (χ4v) is 1.39. The topological polar surface area (TPSA) is 68.8 Å². The molecule has 0 unspecified atom stereocenters. The molecule has 0 saturated carbocycles. The lowest BCUT2D eigenvalue weighted by Gasteiger charge is -2.07. The third-order valence-corrected chi connectivity index (χ3v) is 2.26. The van der Waals surface area contributed by atoms with Crippen LogP contribution in [0.3, 0.4) is 0 Å². The van der Waals surface area contributed by atoms with E-state index in [1.807, 2.05) is 27.1 Å². The molecule has 0 amide bonds. The van der Waals surface area contributed by atoms with E-state index in [-0.39, 0.29) is 6.04 Å². The maximum Gasteiger partial charge on any atom is 0.248 e. The highest BCUT2D eigenvalue weighted by atomic mass is 16.5. The molecule has 2 heterocycles. The summed E-state index contributed by atoms with van der Waals surface area (Å²) in [6, 6.07) is -0.0167. The standard InChI is InChI=1S/C10H15N5O/c1-4-9-13-10(16-14-9)7(2)12-8-5-11-15(3)6-8/h5-7,12H,4H2,1-3H3/t7-/m1/s1. The van der Waals surface area contributed by atoms with Gasteiger partial charge in [0.15, 0.2) is 5.82 Å². The third kappa shape index (κ3) is 2.21. The van der Waals surface area contributed by atoms with Gasteiger partial charge in [0.2, 0.25) is 5.89 Å². The van der Waals surface area contributed by atoms with E-state index in [0.29, 0.717) is 5.89 Å². The number of nitrogens with zero attached hydrogens (tertiary/aromatic N) is 4. The van der Waals surface area contributed by atoms with Crippen molar-refractivity contribution in [2.75, 3.05) is 5.32 Å². The second kappa shape index (κ2) is 4.34. The summed E-state index contributed by atoms with van der Waals surface area (Å²) in [7, 11) is 1.87. The highest BCUT2D eigenvalue weighted by Crippen LogP contribution is 2.16. The van der Waals surface area contributed by atoms with Crippen molar-refractivity contribution in [1.29, 1.82) is 0 Å². The first-order chi connectivity index (χ1) is 7.69. The summed E-state index contributed by atoms with van der Waals surface area (Å²) >= 11 is 0. The SMILES string of the molecule is CCc1noc([C@@H](C)Nc2cnn(C)c2)n1. The Morgan fingerprint density at radius 3 is 2.94 bits per heavy atom. The number of anilines is 1. The van der Waals surface area contributed by atoms with Crippen molar-refractivity contribution >= 4 is 5.69 Å². The van der Waals surface area contributed by atoms with Crippen molar-refractivity contribution < 1.29 is 4.52 Å². The number of rotatable bonds is 4. The Balaban J connectivity index is 2.05. The van der Waals surface area contributed by atoms with Gasteiger partial charge in [-0.1, -0.05) is 12.1 Å². The first-order valence-electron chi connectivity index (χ1n) is 5.26. The summed E-state index contributed by atoms with van der Waals surface area (Å²) in [5.74, 6) is 1.33. The van der Waals surface area contributed by atoms with E-state index in [1.54, 1.807) is 10.9 Å². The molecule has 0 aromatic carbocycles. The van der Waals surface area contributed by atoms with Crippen molar-refractivity contribution in [2.45, 2.75) is 26.3 Å². The molecule has 6 heteroatoms. The van der Waals surface area contributed by atoms with Crippen molar-refractivity contribution in [3.8, 4) is 0 Å². The molecule has 0 spiro atoms. The van der Waals surface area contributed by atoms with E-state index in [4.69, 9.17) is 4.52 Å². The summed E-state index contributed by atoms with van der Waals surface area (Å²) in [4.78, 5) is 4.26. The molecule has 1 N–H and O–H groups in total. The van der Waals surface area contributed by atoms with Crippen LogP contribution in [-0.2, 0) is 13.5 Å². The second-order valence-corrected chi connectivity index (χ2v) is 3.67. The minimum absolute atomic E-state index is 0.0167. The molecular weight excluding hydrogens is 206 g/mol. The van der Waals surface area contributed by atoms with Crippen LogP contribution in [0.1, 0.15) is 31.6 Å². The molecule has 6 nitrogen and oxygen atoms in total. The first-order valence-corrected chi connectivity index (χ1v) is 5.26. The lowest BCUT2D eigenvalue weighted by molar-refractivity contribution is 0.363. The van der Waals surface area contributed by atoms with Gasteiger partial charge in [-0.3, -0.25) is 4.68 Å². The molecule has 16 heavy (non-hydrogen) atoms. The fraction of sp³-hybridized carbons (Fsp3) is 0.500. The van der Waals surface area contributed by atoms with Gasteiger partial charge in [-0.2, -0.15) is 10.1 Å². The van der Waals surface area contributed by atoms with Crippen LogP contribution in [0.25, 0.3) is 0 Å². The van der Waals surface area contributed by atoms with Crippen LogP contribution in [0.2, 0.25) is 0 Å². The quantitative estimate of drug-likeness (QED) is 0.848. The molecule has 0 saturated heterocycles. The molecule has 0 radical (unpaired) electrons. The smallest absolute Gasteiger partial charge is 0.248 e. The van der Waals surface area contributed by atoms with Crippen LogP contribution in [-0.4, -0.2) is 19.9 Å². The molecule has 0 aliphatic carbocycles. The Kier molecular flexibility index (Phi) is 2.89. The van der Waals surface area contributed by atoms with Gasteiger partial charge in [-0.15, -0.1) is 0 Å². The number of aromatic nitrogens is 4. The number of hydrogen-bond donors (Lipinski definition) is 1. The van der Waals surface area contributed by atoms with Gasteiger partial charge in [0, 0.05) is 19.7 Å². The number of hydrogen-bond acceptors (Lipinski definition) is 5. The Morgan fingerprint density at radius 2 is 2.38 bits per heavy atom. The summed E-state index contributed by atoms with van der Waals surface area (Å²) in [5.41, 5.74) is 0.936. The Bertz CT molecular complexity index is 461. The summed E-state index contributed by atoms with van der Waals surface area (Å²) < 4.78 is 6.88. The van der Waals surface area contributed by atoms with Crippen molar-refractivity contribution in [1.82, 2.24) is 19.9 Å². The zero-order valence-corrected chi connectivity index (χ0v) is 9.64. The molecule has 2 aromatic rings. The largest absolute Gasteiger partial charge is 0.371 e. The minimum atomic E-state index is -0.0167. The number of nitrogens with one attached hydrogen (secondary N) is 1. The van der Waals surface area contributed by atoms with E-state index in [0.717, 1.165) is 17.9 Å². The maximum absolute atomic E-state index is 5.15. The van der Waals surface area contributed by atoms with E-state index in [9.17, 15) is 0 Å². The highest BCUT2D eigenvalue weighted by Gasteiger charge is 2.13. The number of aryl methyl sites for hydroxylation is 2. The molecule has 1 atom stereocenters. The van der Waals surface area contributed by atoms with Crippen molar-refractivity contribution in [3.05, 3.63) is 24.1 Å². The first kappa shape index (κ1) is 10.7. The van der Waals surface area contributed by atoms with E-state index in [2.05, 4.69) is 20.6 Å². The average molecular weight is 221 g/mol. The summed E-state index contributed by atoms with van der Waals surface area (Å²) in [6.45, 7) is 3.97. The lowest BCUT2D eigenvalue weighted by Crippen LogP contribution is -2.06. The zero-order chi connectivity index (χ0) is 11.5. The van der Waals surface area contributed by atoms with Crippen LogP contribution in [0.5, 0.6) is 0 Å². The fourth-order valence-electron chi connectivity index (χ4n) is 1.39. The van der Waals surface area contributed by atoms with Gasteiger partial charge in [-0.05, 0) is 6.92 Å². The molecule has 0 fully saturated rings. The van der Waals surface area contributed by atoms with E-state index < -0.39 is 0 Å². The van der Waals surface area contributed by atoms with Gasteiger partial charge in [0.25, 0.3) is 0 Å². The van der Waals surface area contributed by atoms with Crippen LogP contribution in [0, 0.1) is 0 Å². The van der Waals surface area contributed by atoms with Gasteiger partial charge < -0.3 is 9.84 Å². The molecule has 2 rings (SSSR count). The Labute approximate surface area is 93.7 Å². The predicted octanol–water partition coefficient (Wildman–Crippen LogP) is 1.54. The van der Waals surface area contributed by atoms with Crippen LogP contribution < -0.4 is 5.32 Å². The Morgan fingerprint density at radius 1 is 1.56 bits per heavy atom. The molecule has 0 aliphatic rings. The molecule has 0 bridgehead atoms. The van der Waals surface area contributed by atoms with Crippen molar-refractivity contribution in [2.24, 2.45) is 7.05 Å². The monoisotopic (exact) mass is 221 g/mol. The van der Waals surface area contributed by atoms with Gasteiger partial charge >= 0.3 is 0 Å².